The van der Waals surface area contributed by atoms with Gasteiger partial charge < -0.3 is 15.0 Å². The minimum absolute atomic E-state index is 0.0170. The summed E-state index contributed by atoms with van der Waals surface area (Å²) in [6, 6.07) is 12.6. The Hall–Kier alpha value is -3.15. The average Bonchev–Trinajstić information content (AvgIpc) is 2.67. The zero-order chi connectivity index (χ0) is 20.5. The van der Waals surface area contributed by atoms with Crippen LogP contribution in [-0.2, 0) is 16.1 Å². The molecule has 0 aliphatic carbocycles. The zero-order valence-electron chi connectivity index (χ0n) is 16.5. The number of ether oxygens (including phenoxy) is 1. The van der Waals surface area contributed by atoms with Gasteiger partial charge in [-0.1, -0.05) is 24.3 Å². The fraction of sp³-hybridized carbons (Fsp3) is 0.273. The van der Waals surface area contributed by atoms with Crippen LogP contribution < -0.4 is 5.32 Å². The van der Waals surface area contributed by atoms with E-state index in [1.54, 1.807) is 12.3 Å². The Morgan fingerprint density at radius 1 is 1.29 bits per heavy atom. The maximum atomic E-state index is 13.6. The van der Waals surface area contributed by atoms with Gasteiger partial charge in [-0.05, 0) is 55.5 Å². The van der Waals surface area contributed by atoms with E-state index in [-0.39, 0.29) is 18.1 Å². The number of nitrogens with zero attached hydrogens (tertiary/aromatic N) is 2. The van der Waals surface area contributed by atoms with E-state index in [1.165, 1.54) is 19.2 Å². The molecule has 2 aromatic rings. The number of hydrogen-bond acceptors (Lipinski definition) is 4. The van der Waals surface area contributed by atoms with E-state index < -0.39 is 0 Å². The second-order valence-corrected chi connectivity index (χ2v) is 6.56. The summed E-state index contributed by atoms with van der Waals surface area (Å²) in [6.45, 7) is 8.20. The first-order valence-corrected chi connectivity index (χ1v) is 8.95. The van der Waals surface area contributed by atoms with Crippen molar-refractivity contribution in [3.63, 3.8) is 0 Å². The van der Waals surface area contributed by atoms with Crippen LogP contribution in [-0.4, -0.2) is 31.3 Å². The monoisotopic (exact) mass is 383 g/mol. The lowest BCUT2D eigenvalue weighted by molar-refractivity contribution is -0.117. The van der Waals surface area contributed by atoms with Crippen LogP contribution in [0.5, 0.6) is 0 Å². The van der Waals surface area contributed by atoms with Gasteiger partial charge >= 0.3 is 0 Å². The van der Waals surface area contributed by atoms with E-state index in [4.69, 9.17) is 4.74 Å². The van der Waals surface area contributed by atoms with Gasteiger partial charge in [-0.25, -0.2) is 9.38 Å². The lowest BCUT2D eigenvalue weighted by Gasteiger charge is -2.24. The average molecular weight is 383 g/mol. The van der Waals surface area contributed by atoms with Crippen molar-refractivity contribution in [2.45, 2.75) is 26.8 Å². The van der Waals surface area contributed by atoms with Gasteiger partial charge in [0.1, 0.15) is 11.6 Å². The molecule has 0 radical (unpaired) electrons. The van der Waals surface area contributed by atoms with Gasteiger partial charge in [-0.15, -0.1) is 0 Å². The highest BCUT2D eigenvalue weighted by Crippen LogP contribution is 2.18. The van der Waals surface area contributed by atoms with Crippen molar-refractivity contribution >= 4 is 18.3 Å². The first-order valence-electron chi connectivity index (χ1n) is 8.95. The first-order chi connectivity index (χ1) is 13.4. The number of aryl methyl sites for hydroxylation is 2. The minimum atomic E-state index is -0.374. The summed E-state index contributed by atoms with van der Waals surface area (Å²) in [5.41, 5.74) is 4.10. The molecule has 1 N–H and O–H groups in total. The molecule has 0 atom stereocenters. The molecule has 0 heterocycles. The summed E-state index contributed by atoms with van der Waals surface area (Å²) in [7, 11) is 1.50. The van der Waals surface area contributed by atoms with Crippen molar-refractivity contribution in [3.8, 4) is 0 Å². The lowest BCUT2D eigenvalue weighted by atomic mass is 10.1. The number of aliphatic imine (C=N–C) groups is 1. The van der Waals surface area contributed by atoms with Gasteiger partial charge in [0.25, 0.3) is 5.91 Å². The van der Waals surface area contributed by atoms with Gasteiger partial charge in [0, 0.05) is 18.4 Å². The van der Waals surface area contributed by atoms with Crippen LogP contribution in [0.1, 0.15) is 23.1 Å². The van der Waals surface area contributed by atoms with Crippen molar-refractivity contribution in [1.29, 1.82) is 0 Å². The zero-order valence-corrected chi connectivity index (χ0v) is 16.5. The Balaban J connectivity index is 2.22. The van der Waals surface area contributed by atoms with Crippen LogP contribution in [0, 0.1) is 19.7 Å². The van der Waals surface area contributed by atoms with Gasteiger partial charge in [0.15, 0.2) is 0 Å². The number of halogens is 1. The van der Waals surface area contributed by atoms with E-state index >= 15 is 0 Å². The number of hydrogen-bond donors (Lipinski definition) is 1. The smallest absolute Gasteiger partial charge is 0.252 e. The highest BCUT2D eigenvalue weighted by molar-refractivity contribution is 5.82. The Kier molecular flexibility index (Phi) is 7.75. The maximum absolute atomic E-state index is 13.6. The highest BCUT2D eigenvalue weighted by Gasteiger charge is 2.10. The van der Waals surface area contributed by atoms with Crippen LogP contribution in [0.2, 0.25) is 0 Å². The van der Waals surface area contributed by atoms with Crippen molar-refractivity contribution < 1.29 is 13.9 Å². The molecule has 0 fully saturated rings. The highest BCUT2D eigenvalue weighted by atomic mass is 19.1. The van der Waals surface area contributed by atoms with Crippen molar-refractivity contribution in [2.24, 2.45) is 4.99 Å². The molecule has 148 valence electrons. The van der Waals surface area contributed by atoms with Gasteiger partial charge in [0.05, 0.1) is 20.2 Å². The molecule has 0 saturated carbocycles. The van der Waals surface area contributed by atoms with Gasteiger partial charge in [-0.2, -0.15) is 0 Å². The van der Waals surface area contributed by atoms with Gasteiger partial charge in [0.2, 0.25) is 0 Å². The second-order valence-electron chi connectivity index (χ2n) is 6.56. The van der Waals surface area contributed by atoms with Crippen molar-refractivity contribution in [2.75, 3.05) is 19.1 Å². The number of nitrogens with one attached hydrogen (secondary N) is 1. The summed E-state index contributed by atoms with van der Waals surface area (Å²) in [4.78, 5) is 16.9. The van der Waals surface area contributed by atoms with Crippen molar-refractivity contribution in [1.82, 2.24) is 4.90 Å². The number of benzene rings is 2. The molecule has 5 nitrogen and oxygen atoms in total. The first kappa shape index (κ1) is 21.2. The predicted octanol–water partition coefficient (Wildman–Crippen LogP) is 4.42. The molecule has 0 aliphatic heterocycles. The normalized spacial score (nSPS) is 11.1. The quantitative estimate of drug-likeness (QED) is 0.396. The lowest BCUT2D eigenvalue weighted by Crippen LogP contribution is -2.25. The minimum Gasteiger partial charge on any atom is -0.499 e. The predicted molar refractivity (Wildman–Crippen MR) is 111 cm³/mol. The Bertz CT molecular complexity index is 865. The molecule has 0 saturated heterocycles. The summed E-state index contributed by atoms with van der Waals surface area (Å²) in [5.74, 6) is -0.209. The second kappa shape index (κ2) is 10.3. The summed E-state index contributed by atoms with van der Waals surface area (Å²) in [6.07, 6.45) is 1.76. The molecule has 0 unspecified atom stereocenters. The van der Waals surface area contributed by atoms with Crippen LogP contribution in [0.4, 0.5) is 10.1 Å². The number of anilines is 1. The Labute approximate surface area is 165 Å². The fourth-order valence-corrected chi connectivity index (χ4v) is 2.71. The third kappa shape index (κ3) is 6.54. The van der Waals surface area contributed by atoms with Crippen LogP contribution >= 0.6 is 0 Å². The summed E-state index contributed by atoms with van der Waals surface area (Å²) < 4.78 is 18.9. The topological polar surface area (TPSA) is 53.9 Å². The van der Waals surface area contributed by atoms with Crippen LogP contribution in [0.25, 0.3) is 0 Å². The molecule has 0 aromatic heterocycles. The Morgan fingerprint density at radius 3 is 2.75 bits per heavy atom. The largest absolute Gasteiger partial charge is 0.499 e. The van der Waals surface area contributed by atoms with E-state index in [2.05, 4.69) is 35.2 Å². The van der Waals surface area contributed by atoms with Crippen LogP contribution in [0.3, 0.4) is 0 Å². The third-order valence-electron chi connectivity index (χ3n) is 4.23. The SMILES string of the molecule is C=NC(=O)C/C(=C\N(CNc1cc(C)ccc1C)Cc1cccc(F)c1)OC. The van der Waals surface area contributed by atoms with Crippen molar-refractivity contribution in [3.05, 3.63) is 76.9 Å². The summed E-state index contributed by atoms with van der Waals surface area (Å²) in [5, 5.41) is 3.40. The fourth-order valence-electron chi connectivity index (χ4n) is 2.71. The Morgan fingerprint density at radius 2 is 2.07 bits per heavy atom. The maximum Gasteiger partial charge on any atom is 0.252 e. The van der Waals surface area contributed by atoms with E-state index in [9.17, 15) is 9.18 Å². The number of carbonyl (C=O) groups excluding carboxylic acids is 1. The molecular formula is C22H26FN3O2. The van der Waals surface area contributed by atoms with Gasteiger partial charge in [-0.3, -0.25) is 4.79 Å². The molecule has 0 bridgehead atoms. The molecule has 28 heavy (non-hydrogen) atoms. The molecule has 1 amide bonds. The number of rotatable bonds is 9. The van der Waals surface area contributed by atoms with Crippen LogP contribution in [0.15, 0.2) is 59.4 Å². The molecular weight excluding hydrogens is 357 g/mol. The standard InChI is InChI=1S/C22H26FN3O2/c1-16-8-9-17(2)21(10-16)25-15-26(13-18-6-5-7-19(23)11-18)14-20(28-4)12-22(27)24-3/h5-11,14,25H,3,12-13,15H2,1-2,4H3/b20-14+. The summed E-state index contributed by atoms with van der Waals surface area (Å²) >= 11 is 0. The molecule has 2 rings (SSSR count). The van der Waals surface area contributed by atoms with E-state index in [0.29, 0.717) is 19.0 Å². The third-order valence-corrected chi connectivity index (χ3v) is 4.23. The molecule has 0 spiro atoms. The molecule has 2 aromatic carbocycles. The number of amides is 1. The molecule has 0 aliphatic rings. The van der Waals surface area contributed by atoms with E-state index in [0.717, 1.165) is 22.4 Å². The number of carbonyl (C=O) groups is 1. The number of methoxy groups -OCH3 is 1. The molecule has 6 heteroatoms. The van der Waals surface area contributed by atoms with E-state index in [1.807, 2.05) is 24.8 Å².